The van der Waals surface area contributed by atoms with Crippen LogP contribution in [0.2, 0.25) is 0 Å². The van der Waals surface area contributed by atoms with Gasteiger partial charge in [0.25, 0.3) is 11.6 Å². The summed E-state index contributed by atoms with van der Waals surface area (Å²) in [6.07, 6.45) is 0.977. The fourth-order valence-corrected chi connectivity index (χ4v) is 2.66. The number of carbonyl (C=O) groups is 2. The number of rotatable bonds is 3. The lowest BCUT2D eigenvalue weighted by Gasteiger charge is -2.31. The minimum absolute atomic E-state index is 0.149. The van der Waals surface area contributed by atoms with Gasteiger partial charge < -0.3 is 10.0 Å². The van der Waals surface area contributed by atoms with Gasteiger partial charge in [0.15, 0.2) is 0 Å². The molecule has 21 heavy (non-hydrogen) atoms. The molecule has 1 saturated heterocycles. The number of likely N-dealkylation sites (tertiary alicyclic amines) is 1. The monoisotopic (exact) mass is 292 g/mol. The molecule has 1 unspecified atom stereocenters. The molecule has 0 saturated carbocycles. The van der Waals surface area contributed by atoms with E-state index in [0.717, 1.165) is 0 Å². The molecule has 1 heterocycles. The number of aliphatic carboxylic acids is 1. The van der Waals surface area contributed by atoms with Gasteiger partial charge in [0.05, 0.1) is 4.92 Å². The molecular weight excluding hydrogens is 276 g/mol. The molecule has 1 atom stereocenters. The Bertz CT molecular complexity index is 628. The number of nitro benzene ring substituents is 1. The minimum atomic E-state index is -1.25. The van der Waals surface area contributed by atoms with Crippen LogP contribution in [0.4, 0.5) is 5.69 Å². The highest BCUT2D eigenvalue weighted by atomic mass is 16.6. The van der Waals surface area contributed by atoms with Crippen molar-refractivity contribution in [2.75, 3.05) is 6.54 Å². The smallest absolute Gasteiger partial charge is 0.329 e. The first-order chi connectivity index (χ1) is 9.75. The van der Waals surface area contributed by atoms with Gasteiger partial charge in [-0.2, -0.15) is 0 Å². The maximum atomic E-state index is 12.5. The van der Waals surface area contributed by atoms with E-state index >= 15 is 0 Å². The Kier molecular flexibility index (Phi) is 3.67. The fraction of sp³-hybridized carbons (Fsp3) is 0.429. The Balaban J connectivity index is 2.40. The van der Waals surface area contributed by atoms with Crippen molar-refractivity contribution in [2.45, 2.75) is 32.2 Å². The zero-order valence-corrected chi connectivity index (χ0v) is 11.8. The van der Waals surface area contributed by atoms with Crippen molar-refractivity contribution in [3.05, 3.63) is 39.4 Å². The highest BCUT2D eigenvalue weighted by molar-refractivity contribution is 5.98. The van der Waals surface area contributed by atoms with Crippen molar-refractivity contribution >= 4 is 17.6 Å². The molecule has 0 bridgehead atoms. The zero-order valence-electron chi connectivity index (χ0n) is 11.8. The second-order valence-corrected chi connectivity index (χ2v) is 5.45. The van der Waals surface area contributed by atoms with Crippen molar-refractivity contribution in [1.82, 2.24) is 4.90 Å². The lowest BCUT2D eigenvalue weighted by molar-refractivity contribution is -0.384. The maximum Gasteiger partial charge on any atom is 0.329 e. The molecule has 1 aromatic rings. The molecule has 7 nitrogen and oxygen atoms in total. The predicted octanol–water partition coefficient (Wildman–Crippen LogP) is 1.98. The van der Waals surface area contributed by atoms with E-state index < -0.39 is 22.3 Å². The fourth-order valence-electron chi connectivity index (χ4n) is 2.66. The van der Waals surface area contributed by atoms with Crippen LogP contribution in [0.1, 0.15) is 35.7 Å². The summed E-state index contributed by atoms with van der Waals surface area (Å²) >= 11 is 0. The van der Waals surface area contributed by atoms with E-state index in [1.807, 2.05) is 0 Å². The highest BCUT2D eigenvalue weighted by Crippen LogP contribution is 2.31. The number of benzene rings is 1. The van der Waals surface area contributed by atoms with Gasteiger partial charge in [0, 0.05) is 24.2 Å². The molecule has 0 aliphatic carbocycles. The van der Waals surface area contributed by atoms with Crippen LogP contribution in [0.5, 0.6) is 0 Å². The maximum absolute atomic E-state index is 12.5. The number of carboxylic acid groups (broad SMARTS) is 1. The molecule has 1 fully saturated rings. The van der Waals surface area contributed by atoms with Gasteiger partial charge in [0.2, 0.25) is 0 Å². The topological polar surface area (TPSA) is 101 Å². The molecule has 0 radical (unpaired) electrons. The van der Waals surface area contributed by atoms with E-state index in [1.165, 1.54) is 30.0 Å². The first kappa shape index (κ1) is 15.0. The van der Waals surface area contributed by atoms with E-state index in [1.54, 1.807) is 6.92 Å². The van der Waals surface area contributed by atoms with E-state index in [9.17, 15) is 24.8 Å². The molecule has 1 N–H and O–H groups in total. The number of hydrogen-bond acceptors (Lipinski definition) is 4. The standard InChI is InChI=1S/C14H16N2O5/c1-9-6-10(8-11(7-9)16(20)21)12(17)15-5-3-4-14(15,2)13(18)19/h6-8H,3-5H2,1-2H3,(H,18,19). The van der Waals surface area contributed by atoms with Crippen molar-refractivity contribution in [1.29, 1.82) is 0 Å². The van der Waals surface area contributed by atoms with Crippen LogP contribution < -0.4 is 0 Å². The summed E-state index contributed by atoms with van der Waals surface area (Å²) in [5, 5.41) is 20.2. The molecule has 1 aromatic carbocycles. The first-order valence-corrected chi connectivity index (χ1v) is 6.57. The molecule has 7 heteroatoms. The van der Waals surface area contributed by atoms with Crippen molar-refractivity contribution < 1.29 is 19.6 Å². The number of carbonyl (C=O) groups excluding carboxylic acids is 1. The molecule has 1 aliphatic rings. The summed E-state index contributed by atoms with van der Waals surface area (Å²) in [4.78, 5) is 35.5. The average molecular weight is 292 g/mol. The van der Waals surface area contributed by atoms with Crippen molar-refractivity contribution in [3.63, 3.8) is 0 Å². The third-order valence-corrected chi connectivity index (χ3v) is 3.87. The molecule has 0 aromatic heterocycles. The van der Waals surface area contributed by atoms with Gasteiger partial charge in [0.1, 0.15) is 5.54 Å². The Morgan fingerprint density at radius 1 is 1.38 bits per heavy atom. The molecular formula is C14H16N2O5. The highest BCUT2D eigenvalue weighted by Gasteiger charge is 2.46. The average Bonchev–Trinajstić information content (AvgIpc) is 2.80. The molecule has 0 spiro atoms. The SMILES string of the molecule is Cc1cc(C(=O)N2CCCC2(C)C(=O)O)cc([N+](=O)[O-])c1. The van der Waals surface area contributed by atoms with Crippen LogP contribution in [0.3, 0.4) is 0 Å². The Hall–Kier alpha value is -2.44. The number of nitrogens with zero attached hydrogens (tertiary/aromatic N) is 2. The number of amides is 1. The van der Waals surface area contributed by atoms with Gasteiger partial charge >= 0.3 is 5.97 Å². The zero-order chi connectivity index (χ0) is 15.8. The number of carboxylic acids is 1. The number of nitro groups is 1. The summed E-state index contributed by atoms with van der Waals surface area (Å²) < 4.78 is 0. The van der Waals surface area contributed by atoms with Crippen LogP contribution in [0.25, 0.3) is 0 Å². The summed E-state index contributed by atoms with van der Waals surface area (Å²) in [7, 11) is 0. The second kappa shape index (κ2) is 5.16. The van der Waals surface area contributed by atoms with Crippen LogP contribution >= 0.6 is 0 Å². The summed E-state index contributed by atoms with van der Waals surface area (Å²) in [5.74, 6) is -1.54. The van der Waals surface area contributed by atoms with Crippen LogP contribution in [-0.2, 0) is 4.79 Å². The third kappa shape index (κ3) is 2.58. The second-order valence-electron chi connectivity index (χ2n) is 5.45. The first-order valence-electron chi connectivity index (χ1n) is 6.57. The predicted molar refractivity (Wildman–Crippen MR) is 74.1 cm³/mol. The third-order valence-electron chi connectivity index (χ3n) is 3.87. The quantitative estimate of drug-likeness (QED) is 0.678. The normalized spacial score (nSPS) is 21.3. The van der Waals surface area contributed by atoms with Gasteiger partial charge in [-0.15, -0.1) is 0 Å². The van der Waals surface area contributed by atoms with Crippen molar-refractivity contribution in [3.8, 4) is 0 Å². The van der Waals surface area contributed by atoms with Crippen LogP contribution in [0, 0.1) is 17.0 Å². The van der Waals surface area contributed by atoms with Crippen LogP contribution in [-0.4, -0.2) is 38.9 Å². The Morgan fingerprint density at radius 3 is 2.62 bits per heavy atom. The van der Waals surface area contributed by atoms with Gasteiger partial charge in [-0.3, -0.25) is 14.9 Å². The number of hydrogen-bond donors (Lipinski definition) is 1. The molecule has 112 valence electrons. The lowest BCUT2D eigenvalue weighted by Crippen LogP contribution is -2.50. The van der Waals surface area contributed by atoms with E-state index in [0.29, 0.717) is 24.9 Å². The van der Waals surface area contributed by atoms with E-state index in [-0.39, 0.29) is 11.3 Å². The van der Waals surface area contributed by atoms with E-state index in [4.69, 9.17) is 0 Å². The molecule has 1 amide bonds. The molecule has 2 rings (SSSR count). The summed E-state index contributed by atoms with van der Waals surface area (Å²) in [5.41, 5.74) is -0.690. The van der Waals surface area contributed by atoms with Gasteiger partial charge in [-0.1, -0.05) is 0 Å². The minimum Gasteiger partial charge on any atom is -0.480 e. The number of non-ortho nitro benzene ring substituents is 1. The lowest BCUT2D eigenvalue weighted by atomic mass is 9.98. The van der Waals surface area contributed by atoms with Crippen LogP contribution in [0.15, 0.2) is 18.2 Å². The molecule has 1 aliphatic heterocycles. The largest absolute Gasteiger partial charge is 0.480 e. The summed E-state index contributed by atoms with van der Waals surface area (Å²) in [6, 6.07) is 4.10. The van der Waals surface area contributed by atoms with E-state index in [2.05, 4.69) is 0 Å². The number of aryl methyl sites for hydroxylation is 1. The summed E-state index contributed by atoms with van der Waals surface area (Å²) in [6.45, 7) is 3.50. The van der Waals surface area contributed by atoms with Gasteiger partial charge in [-0.05, 0) is 38.3 Å². The Morgan fingerprint density at radius 2 is 2.05 bits per heavy atom. The Labute approximate surface area is 121 Å². The van der Waals surface area contributed by atoms with Crippen molar-refractivity contribution in [2.24, 2.45) is 0 Å². The van der Waals surface area contributed by atoms with Gasteiger partial charge in [-0.25, -0.2) is 4.79 Å².